The van der Waals surface area contributed by atoms with E-state index in [9.17, 15) is 4.79 Å². The Bertz CT molecular complexity index is 397. The van der Waals surface area contributed by atoms with Crippen LogP contribution in [0.4, 0.5) is 0 Å². The minimum atomic E-state index is 0.0506. The van der Waals surface area contributed by atoms with Gasteiger partial charge >= 0.3 is 0 Å². The van der Waals surface area contributed by atoms with Gasteiger partial charge in [0.25, 0.3) is 0 Å². The van der Waals surface area contributed by atoms with Gasteiger partial charge in [-0.25, -0.2) is 0 Å². The summed E-state index contributed by atoms with van der Waals surface area (Å²) in [6.45, 7) is 1.98. The zero-order chi connectivity index (χ0) is 13.5. The van der Waals surface area contributed by atoms with Crippen molar-refractivity contribution in [3.05, 3.63) is 35.4 Å². The number of nitrogens with two attached hydrogens (primary N) is 1. The second-order valence-electron chi connectivity index (χ2n) is 4.99. The van der Waals surface area contributed by atoms with E-state index >= 15 is 0 Å². The summed E-state index contributed by atoms with van der Waals surface area (Å²) >= 11 is 0. The molecular weight excluding hydrogens is 240 g/mol. The lowest BCUT2D eigenvalue weighted by molar-refractivity contribution is -0.121. The molecule has 0 saturated carbocycles. The SMILES string of the molecule is NCc1ccc(CC(=O)NCC2CCCCO2)cc1. The fourth-order valence-electron chi connectivity index (χ4n) is 2.24. The van der Waals surface area contributed by atoms with Gasteiger partial charge in [0.15, 0.2) is 0 Å². The molecule has 19 heavy (non-hydrogen) atoms. The van der Waals surface area contributed by atoms with Crippen LogP contribution in [-0.2, 0) is 22.5 Å². The Hall–Kier alpha value is -1.39. The summed E-state index contributed by atoms with van der Waals surface area (Å²) in [5, 5.41) is 2.94. The van der Waals surface area contributed by atoms with Crippen molar-refractivity contribution in [2.75, 3.05) is 13.2 Å². The van der Waals surface area contributed by atoms with Crippen LogP contribution in [0.2, 0.25) is 0 Å². The molecule has 0 aromatic heterocycles. The van der Waals surface area contributed by atoms with Crippen molar-refractivity contribution < 1.29 is 9.53 Å². The summed E-state index contributed by atoms with van der Waals surface area (Å²) in [7, 11) is 0. The molecule has 1 fully saturated rings. The maximum Gasteiger partial charge on any atom is 0.224 e. The van der Waals surface area contributed by atoms with Gasteiger partial charge in [-0.15, -0.1) is 0 Å². The maximum absolute atomic E-state index is 11.8. The highest BCUT2D eigenvalue weighted by atomic mass is 16.5. The molecule has 1 aliphatic heterocycles. The first-order valence-corrected chi connectivity index (χ1v) is 6.94. The molecule has 1 aromatic rings. The summed E-state index contributed by atoms with van der Waals surface area (Å²) < 4.78 is 5.58. The Morgan fingerprint density at radius 1 is 1.26 bits per heavy atom. The molecule has 1 saturated heterocycles. The minimum Gasteiger partial charge on any atom is -0.376 e. The standard InChI is InChI=1S/C15H22N2O2/c16-10-13-6-4-12(5-7-13)9-15(18)17-11-14-3-1-2-8-19-14/h4-7,14H,1-3,8-11,16H2,(H,17,18). The van der Waals surface area contributed by atoms with Crippen LogP contribution in [0.1, 0.15) is 30.4 Å². The van der Waals surface area contributed by atoms with Crippen LogP contribution >= 0.6 is 0 Å². The first-order chi connectivity index (χ1) is 9.28. The fraction of sp³-hybridized carbons (Fsp3) is 0.533. The normalized spacial score (nSPS) is 19.1. The molecule has 104 valence electrons. The van der Waals surface area contributed by atoms with Crippen LogP contribution in [0.15, 0.2) is 24.3 Å². The second kappa shape index (κ2) is 7.26. The van der Waals surface area contributed by atoms with Crippen molar-refractivity contribution in [1.29, 1.82) is 0 Å². The molecule has 1 aromatic carbocycles. The third kappa shape index (κ3) is 4.65. The fourth-order valence-corrected chi connectivity index (χ4v) is 2.24. The Morgan fingerprint density at radius 2 is 2.00 bits per heavy atom. The average Bonchev–Trinajstić information content (AvgIpc) is 2.47. The van der Waals surface area contributed by atoms with Gasteiger partial charge in [-0.3, -0.25) is 4.79 Å². The number of carbonyl (C=O) groups is 1. The van der Waals surface area contributed by atoms with Gasteiger partial charge in [0.2, 0.25) is 5.91 Å². The van der Waals surface area contributed by atoms with Crippen LogP contribution in [0.25, 0.3) is 0 Å². The van der Waals surface area contributed by atoms with Crippen LogP contribution in [0.5, 0.6) is 0 Å². The summed E-state index contributed by atoms with van der Waals surface area (Å²) in [6, 6.07) is 7.84. The monoisotopic (exact) mass is 262 g/mol. The zero-order valence-electron chi connectivity index (χ0n) is 11.2. The molecule has 1 amide bonds. The Balaban J connectivity index is 1.73. The van der Waals surface area contributed by atoms with E-state index < -0.39 is 0 Å². The van der Waals surface area contributed by atoms with Gasteiger partial charge in [-0.05, 0) is 30.4 Å². The van der Waals surface area contributed by atoms with Gasteiger partial charge in [0.1, 0.15) is 0 Å². The molecule has 0 aliphatic carbocycles. The third-order valence-electron chi connectivity index (χ3n) is 3.42. The van der Waals surface area contributed by atoms with E-state index in [4.69, 9.17) is 10.5 Å². The quantitative estimate of drug-likeness (QED) is 0.842. The minimum absolute atomic E-state index is 0.0506. The van der Waals surface area contributed by atoms with Crippen LogP contribution in [0, 0.1) is 0 Å². The molecule has 0 spiro atoms. The molecule has 2 rings (SSSR count). The number of hydrogen-bond donors (Lipinski definition) is 2. The molecule has 1 atom stereocenters. The van der Waals surface area contributed by atoms with Crippen LogP contribution in [0.3, 0.4) is 0 Å². The smallest absolute Gasteiger partial charge is 0.224 e. The molecule has 1 aliphatic rings. The van der Waals surface area contributed by atoms with Crippen molar-refractivity contribution in [2.45, 2.75) is 38.3 Å². The number of rotatable bonds is 5. The van der Waals surface area contributed by atoms with E-state index in [1.165, 1.54) is 6.42 Å². The topological polar surface area (TPSA) is 64.4 Å². The number of hydrogen-bond acceptors (Lipinski definition) is 3. The van der Waals surface area contributed by atoms with E-state index in [2.05, 4.69) is 5.32 Å². The first-order valence-electron chi connectivity index (χ1n) is 6.94. The molecule has 1 unspecified atom stereocenters. The summed E-state index contributed by atoms with van der Waals surface area (Å²) in [4.78, 5) is 11.8. The number of ether oxygens (including phenoxy) is 1. The van der Waals surface area contributed by atoms with Crippen LogP contribution < -0.4 is 11.1 Å². The van der Waals surface area contributed by atoms with Crippen molar-refractivity contribution in [3.8, 4) is 0 Å². The lowest BCUT2D eigenvalue weighted by Gasteiger charge is -2.22. The highest BCUT2D eigenvalue weighted by Gasteiger charge is 2.14. The molecule has 4 heteroatoms. The van der Waals surface area contributed by atoms with E-state index in [1.54, 1.807) is 0 Å². The van der Waals surface area contributed by atoms with Gasteiger partial charge in [-0.1, -0.05) is 24.3 Å². The van der Waals surface area contributed by atoms with Gasteiger partial charge < -0.3 is 15.8 Å². The summed E-state index contributed by atoms with van der Waals surface area (Å²) in [5.41, 5.74) is 7.63. The highest BCUT2D eigenvalue weighted by molar-refractivity contribution is 5.78. The van der Waals surface area contributed by atoms with Crippen molar-refractivity contribution in [3.63, 3.8) is 0 Å². The van der Waals surface area contributed by atoms with Crippen molar-refractivity contribution >= 4 is 5.91 Å². The van der Waals surface area contributed by atoms with E-state index in [0.29, 0.717) is 19.5 Å². The molecular formula is C15H22N2O2. The van der Waals surface area contributed by atoms with Crippen molar-refractivity contribution in [1.82, 2.24) is 5.32 Å². The maximum atomic E-state index is 11.8. The van der Waals surface area contributed by atoms with Gasteiger partial charge in [0.05, 0.1) is 12.5 Å². The predicted molar refractivity (Wildman–Crippen MR) is 74.6 cm³/mol. The first kappa shape index (κ1) is 14.0. The Kier molecular flexibility index (Phi) is 5.36. The molecule has 0 bridgehead atoms. The predicted octanol–water partition coefficient (Wildman–Crippen LogP) is 1.37. The van der Waals surface area contributed by atoms with E-state index in [-0.39, 0.29) is 12.0 Å². The van der Waals surface area contributed by atoms with Gasteiger partial charge in [-0.2, -0.15) is 0 Å². The molecule has 4 nitrogen and oxygen atoms in total. The Morgan fingerprint density at radius 3 is 2.63 bits per heavy atom. The Labute approximate surface area is 114 Å². The second-order valence-corrected chi connectivity index (χ2v) is 4.99. The summed E-state index contributed by atoms with van der Waals surface area (Å²) in [6.07, 6.45) is 3.99. The van der Waals surface area contributed by atoms with Crippen molar-refractivity contribution in [2.24, 2.45) is 5.73 Å². The highest BCUT2D eigenvalue weighted by Crippen LogP contribution is 2.11. The van der Waals surface area contributed by atoms with Gasteiger partial charge in [0, 0.05) is 19.7 Å². The third-order valence-corrected chi connectivity index (χ3v) is 3.42. The number of carbonyl (C=O) groups excluding carboxylic acids is 1. The number of benzene rings is 1. The summed E-state index contributed by atoms with van der Waals surface area (Å²) in [5.74, 6) is 0.0506. The molecule has 3 N–H and O–H groups in total. The molecule has 1 heterocycles. The zero-order valence-corrected chi connectivity index (χ0v) is 11.2. The lowest BCUT2D eigenvalue weighted by Crippen LogP contribution is -2.36. The van der Waals surface area contributed by atoms with E-state index in [0.717, 1.165) is 30.6 Å². The van der Waals surface area contributed by atoms with E-state index in [1.807, 2.05) is 24.3 Å². The van der Waals surface area contributed by atoms with Crippen LogP contribution in [-0.4, -0.2) is 25.2 Å². The number of amides is 1. The lowest BCUT2D eigenvalue weighted by atomic mass is 10.1. The number of nitrogens with one attached hydrogen (secondary N) is 1. The largest absolute Gasteiger partial charge is 0.376 e. The molecule has 0 radical (unpaired) electrons. The average molecular weight is 262 g/mol.